The molecule has 1 N–H and O–H groups in total. The Balaban J connectivity index is 1.82. The highest BCUT2D eigenvalue weighted by Gasteiger charge is 2.29. The van der Waals surface area contributed by atoms with E-state index in [0.29, 0.717) is 10.0 Å². The lowest BCUT2D eigenvalue weighted by Gasteiger charge is -2.30. The number of benzene rings is 2. The van der Waals surface area contributed by atoms with E-state index < -0.39 is 6.04 Å². The number of nitrogens with zero attached hydrogens (tertiary/aromatic N) is 1. The lowest BCUT2D eigenvalue weighted by atomic mass is 10.0. The second-order valence-corrected chi connectivity index (χ2v) is 9.44. The molecule has 6 heteroatoms. The molecular weight excluding hydrogens is 431 g/mol. The molecule has 1 unspecified atom stereocenters. The molecule has 1 atom stereocenters. The maximum atomic E-state index is 13.4. The minimum absolute atomic E-state index is 0.106. The van der Waals surface area contributed by atoms with Gasteiger partial charge in [0.2, 0.25) is 11.8 Å². The summed E-state index contributed by atoms with van der Waals surface area (Å²) >= 11 is 12.4. The Morgan fingerprint density at radius 1 is 1.06 bits per heavy atom. The van der Waals surface area contributed by atoms with E-state index >= 15 is 0 Å². The van der Waals surface area contributed by atoms with Gasteiger partial charge in [-0.15, -0.1) is 0 Å². The Morgan fingerprint density at radius 3 is 2.32 bits per heavy atom. The van der Waals surface area contributed by atoms with Crippen molar-refractivity contribution in [2.24, 2.45) is 0 Å². The normalized spacial score (nSPS) is 15.0. The molecule has 0 heterocycles. The SMILES string of the molecule is Cc1cc(C)cc(CC(=O)N(Cc2ccc(Cl)cc2Cl)C(C)C(=O)NC2CCCC2)c1. The van der Waals surface area contributed by atoms with Gasteiger partial charge >= 0.3 is 0 Å². The van der Waals surface area contributed by atoms with Gasteiger partial charge in [0.05, 0.1) is 6.42 Å². The number of hydrogen-bond donors (Lipinski definition) is 1. The maximum Gasteiger partial charge on any atom is 0.242 e. The van der Waals surface area contributed by atoms with Gasteiger partial charge in [-0.3, -0.25) is 9.59 Å². The van der Waals surface area contributed by atoms with E-state index in [-0.39, 0.29) is 30.8 Å². The van der Waals surface area contributed by atoms with Gasteiger partial charge in [0.1, 0.15) is 6.04 Å². The highest BCUT2D eigenvalue weighted by molar-refractivity contribution is 6.35. The van der Waals surface area contributed by atoms with Gasteiger partial charge in [-0.05, 0) is 56.9 Å². The molecule has 0 aliphatic heterocycles. The number of carbonyl (C=O) groups is 2. The number of rotatable bonds is 7. The van der Waals surface area contributed by atoms with Crippen molar-refractivity contribution in [2.45, 2.75) is 71.5 Å². The largest absolute Gasteiger partial charge is 0.352 e. The predicted molar refractivity (Wildman–Crippen MR) is 126 cm³/mol. The Kier molecular flexibility index (Phi) is 8.01. The quantitative estimate of drug-likeness (QED) is 0.581. The number of aryl methyl sites for hydroxylation is 2. The van der Waals surface area contributed by atoms with E-state index in [1.807, 2.05) is 32.0 Å². The number of hydrogen-bond acceptors (Lipinski definition) is 2. The van der Waals surface area contributed by atoms with Gasteiger partial charge in [-0.2, -0.15) is 0 Å². The van der Waals surface area contributed by atoms with Crippen molar-refractivity contribution in [1.29, 1.82) is 0 Å². The molecule has 166 valence electrons. The molecule has 3 rings (SSSR count). The first-order valence-corrected chi connectivity index (χ1v) is 11.6. The molecule has 1 aliphatic rings. The van der Waals surface area contributed by atoms with Crippen molar-refractivity contribution in [3.8, 4) is 0 Å². The van der Waals surface area contributed by atoms with Crippen LogP contribution >= 0.6 is 23.2 Å². The Bertz CT molecular complexity index is 934. The molecule has 0 aromatic heterocycles. The summed E-state index contributed by atoms with van der Waals surface area (Å²) in [7, 11) is 0. The zero-order valence-corrected chi connectivity index (χ0v) is 19.9. The van der Waals surface area contributed by atoms with E-state index in [1.54, 1.807) is 24.0 Å². The van der Waals surface area contributed by atoms with E-state index in [0.717, 1.165) is 47.9 Å². The van der Waals surface area contributed by atoms with Crippen molar-refractivity contribution < 1.29 is 9.59 Å². The first-order chi connectivity index (χ1) is 14.7. The lowest BCUT2D eigenvalue weighted by Crippen LogP contribution is -2.50. The molecule has 2 amide bonds. The lowest BCUT2D eigenvalue weighted by molar-refractivity contribution is -0.140. The Labute approximate surface area is 194 Å². The highest BCUT2D eigenvalue weighted by Crippen LogP contribution is 2.24. The summed E-state index contributed by atoms with van der Waals surface area (Å²) < 4.78 is 0. The molecule has 0 bridgehead atoms. The second-order valence-electron chi connectivity index (χ2n) is 8.60. The van der Waals surface area contributed by atoms with Crippen molar-refractivity contribution in [3.05, 3.63) is 68.7 Å². The molecule has 4 nitrogen and oxygen atoms in total. The number of carbonyl (C=O) groups excluding carboxylic acids is 2. The third kappa shape index (κ3) is 6.47. The zero-order valence-electron chi connectivity index (χ0n) is 18.4. The summed E-state index contributed by atoms with van der Waals surface area (Å²) in [4.78, 5) is 28.0. The van der Waals surface area contributed by atoms with Crippen LogP contribution in [0.25, 0.3) is 0 Å². The van der Waals surface area contributed by atoms with Gasteiger partial charge in [0.25, 0.3) is 0 Å². The number of nitrogens with one attached hydrogen (secondary N) is 1. The second kappa shape index (κ2) is 10.5. The third-order valence-electron chi connectivity index (χ3n) is 5.86. The Morgan fingerprint density at radius 2 is 1.71 bits per heavy atom. The summed E-state index contributed by atoms with van der Waals surface area (Å²) in [5, 5.41) is 4.14. The fourth-order valence-electron chi connectivity index (χ4n) is 4.26. The molecule has 0 spiro atoms. The molecular formula is C25H30Cl2N2O2. The van der Waals surface area contributed by atoms with Crippen LogP contribution in [-0.4, -0.2) is 28.8 Å². The van der Waals surface area contributed by atoms with Crippen LogP contribution in [0.2, 0.25) is 10.0 Å². The summed E-state index contributed by atoms with van der Waals surface area (Å²) in [5.74, 6) is -0.226. The summed E-state index contributed by atoms with van der Waals surface area (Å²) in [6.07, 6.45) is 4.49. The minimum atomic E-state index is -0.606. The van der Waals surface area contributed by atoms with Crippen molar-refractivity contribution in [1.82, 2.24) is 10.2 Å². The highest BCUT2D eigenvalue weighted by atomic mass is 35.5. The zero-order chi connectivity index (χ0) is 22.5. The first kappa shape index (κ1) is 23.6. The third-order valence-corrected chi connectivity index (χ3v) is 6.45. The van der Waals surface area contributed by atoms with Crippen molar-refractivity contribution in [3.63, 3.8) is 0 Å². The fraction of sp³-hybridized carbons (Fsp3) is 0.440. The van der Waals surface area contributed by atoms with Gasteiger partial charge < -0.3 is 10.2 Å². The maximum absolute atomic E-state index is 13.4. The van der Waals surface area contributed by atoms with Crippen LogP contribution in [0.15, 0.2) is 36.4 Å². The molecule has 0 radical (unpaired) electrons. The standard InChI is InChI=1S/C25H30Cl2N2O2/c1-16-10-17(2)12-19(11-16)13-24(30)29(15-20-8-9-21(26)14-23(20)27)18(3)25(31)28-22-6-4-5-7-22/h8-12,14,18,22H,4-7,13,15H2,1-3H3,(H,28,31). The van der Waals surface area contributed by atoms with Crippen LogP contribution in [0.5, 0.6) is 0 Å². The van der Waals surface area contributed by atoms with Gasteiger partial charge in [-0.1, -0.05) is 71.4 Å². The molecule has 1 aliphatic carbocycles. The van der Waals surface area contributed by atoms with E-state index in [2.05, 4.69) is 11.4 Å². The van der Waals surface area contributed by atoms with Crippen LogP contribution < -0.4 is 5.32 Å². The summed E-state index contributed by atoms with van der Waals surface area (Å²) in [6, 6.07) is 10.9. The smallest absolute Gasteiger partial charge is 0.242 e. The van der Waals surface area contributed by atoms with Crippen LogP contribution in [-0.2, 0) is 22.6 Å². The van der Waals surface area contributed by atoms with Gasteiger partial charge in [0, 0.05) is 22.6 Å². The number of halogens is 2. The predicted octanol–water partition coefficient (Wildman–Crippen LogP) is 5.63. The van der Waals surface area contributed by atoms with E-state index in [4.69, 9.17) is 23.2 Å². The number of amides is 2. The van der Waals surface area contributed by atoms with Crippen molar-refractivity contribution >= 4 is 35.0 Å². The minimum Gasteiger partial charge on any atom is -0.352 e. The average molecular weight is 461 g/mol. The van der Waals surface area contributed by atoms with Gasteiger partial charge in [0.15, 0.2) is 0 Å². The van der Waals surface area contributed by atoms with Crippen molar-refractivity contribution in [2.75, 3.05) is 0 Å². The van der Waals surface area contributed by atoms with E-state index in [9.17, 15) is 9.59 Å². The average Bonchev–Trinajstić information content (AvgIpc) is 3.19. The summed E-state index contributed by atoms with van der Waals surface area (Å²) in [6.45, 7) is 6.07. The van der Waals surface area contributed by atoms with Gasteiger partial charge in [-0.25, -0.2) is 0 Å². The molecule has 2 aromatic rings. The first-order valence-electron chi connectivity index (χ1n) is 10.8. The molecule has 0 saturated heterocycles. The summed E-state index contributed by atoms with van der Waals surface area (Å²) in [5.41, 5.74) is 3.93. The molecule has 2 aromatic carbocycles. The van der Waals surface area contributed by atoms with E-state index in [1.165, 1.54) is 0 Å². The van der Waals surface area contributed by atoms with Crippen LogP contribution in [0, 0.1) is 13.8 Å². The Hall–Kier alpha value is -2.04. The fourth-order valence-corrected chi connectivity index (χ4v) is 4.72. The molecule has 1 fully saturated rings. The van der Waals surface area contributed by atoms with Crippen LogP contribution in [0.4, 0.5) is 0 Å². The monoisotopic (exact) mass is 460 g/mol. The molecule has 31 heavy (non-hydrogen) atoms. The molecule has 1 saturated carbocycles. The van der Waals surface area contributed by atoms with Crippen LogP contribution in [0.3, 0.4) is 0 Å². The van der Waals surface area contributed by atoms with Crippen LogP contribution in [0.1, 0.15) is 54.9 Å². The topological polar surface area (TPSA) is 49.4 Å².